The molecule has 3 heterocycles. The molecule has 2 aromatic rings. The first-order valence-corrected chi connectivity index (χ1v) is 10.3. The maximum absolute atomic E-state index is 14.6. The number of piperidine rings is 3. The topological polar surface area (TPSA) is 59.1 Å². The number of anilines is 1. The fourth-order valence-electron chi connectivity index (χ4n) is 4.32. The first-order chi connectivity index (χ1) is 14.9. The van der Waals surface area contributed by atoms with E-state index in [-0.39, 0.29) is 29.8 Å². The fraction of sp³-hybridized carbons (Fsp3) is 0.391. The third-order valence-corrected chi connectivity index (χ3v) is 5.93. The molecule has 0 spiro atoms. The average Bonchev–Trinajstić information content (AvgIpc) is 2.78. The molecule has 1 amide bonds. The van der Waals surface area contributed by atoms with Crippen LogP contribution < -0.4 is 4.90 Å². The Balaban J connectivity index is 1.61. The average molecular weight is 430 g/mol. The van der Waals surface area contributed by atoms with Gasteiger partial charge >= 0.3 is 12.1 Å². The van der Waals surface area contributed by atoms with Crippen LogP contribution in [0.5, 0.6) is 0 Å². The van der Waals surface area contributed by atoms with Gasteiger partial charge in [0.05, 0.1) is 24.9 Å². The summed E-state index contributed by atoms with van der Waals surface area (Å²) >= 11 is 0. The largest absolute Gasteiger partial charge is 0.465 e. The normalized spacial score (nSPS) is 22.1. The third kappa shape index (κ3) is 4.69. The lowest BCUT2D eigenvalue weighted by molar-refractivity contribution is -0.0311. The molecule has 31 heavy (non-hydrogen) atoms. The molecule has 0 radical (unpaired) electrons. The van der Waals surface area contributed by atoms with Gasteiger partial charge in [0.15, 0.2) is 0 Å². The van der Waals surface area contributed by atoms with Gasteiger partial charge in [-0.1, -0.05) is 12.1 Å². The zero-order chi connectivity index (χ0) is 22.0. The second-order valence-electron chi connectivity index (χ2n) is 7.94. The lowest BCUT2D eigenvalue weighted by atomic mass is 9.86. The highest BCUT2D eigenvalue weighted by atomic mass is 19.1. The van der Waals surface area contributed by atoms with Gasteiger partial charge in [-0.15, -0.1) is 0 Å². The SMILES string of the molecule is COC(=O)c1cc(F)cc(CN(C(=O)O[C@H]2CN3CCC2CC3)c2ccccc2F)c1. The maximum Gasteiger partial charge on any atom is 0.415 e. The van der Waals surface area contributed by atoms with Crippen molar-refractivity contribution in [2.45, 2.75) is 25.5 Å². The van der Waals surface area contributed by atoms with Crippen LogP contribution in [0.3, 0.4) is 0 Å². The number of nitrogens with zero attached hydrogens (tertiary/aromatic N) is 2. The van der Waals surface area contributed by atoms with Crippen molar-refractivity contribution < 1.29 is 27.8 Å². The summed E-state index contributed by atoms with van der Waals surface area (Å²) in [7, 11) is 1.20. The predicted molar refractivity (Wildman–Crippen MR) is 110 cm³/mol. The standard InChI is InChI=1S/C23H24F2N2O4/c1-30-22(28)17-10-15(11-18(24)12-17)13-27(20-5-3-2-4-19(20)25)23(29)31-21-14-26-8-6-16(21)7-9-26/h2-5,10-12,16,21H,6-9,13-14H2,1H3/t21-/m0/s1. The minimum atomic E-state index is -0.701. The van der Waals surface area contributed by atoms with E-state index in [0.29, 0.717) is 12.1 Å². The Kier molecular flexibility index (Phi) is 6.18. The molecule has 2 aromatic carbocycles. The van der Waals surface area contributed by atoms with Crippen molar-refractivity contribution in [3.8, 4) is 0 Å². The Morgan fingerprint density at radius 1 is 1.13 bits per heavy atom. The van der Waals surface area contributed by atoms with Gasteiger partial charge < -0.3 is 9.47 Å². The molecule has 164 valence electrons. The number of esters is 1. The number of benzene rings is 2. The van der Waals surface area contributed by atoms with Crippen molar-refractivity contribution >= 4 is 17.7 Å². The molecule has 1 atom stereocenters. The molecular formula is C23H24F2N2O4. The second-order valence-corrected chi connectivity index (χ2v) is 7.94. The monoisotopic (exact) mass is 430 g/mol. The van der Waals surface area contributed by atoms with Crippen molar-refractivity contribution in [1.82, 2.24) is 4.90 Å². The van der Waals surface area contributed by atoms with Crippen LogP contribution in [0.1, 0.15) is 28.8 Å². The summed E-state index contributed by atoms with van der Waals surface area (Å²) in [5.41, 5.74) is 0.351. The number of para-hydroxylation sites is 1. The van der Waals surface area contributed by atoms with E-state index in [9.17, 15) is 18.4 Å². The summed E-state index contributed by atoms with van der Waals surface area (Å²) in [6, 6.07) is 9.51. The van der Waals surface area contributed by atoms with Crippen molar-refractivity contribution in [1.29, 1.82) is 0 Å². The summed E-state index contributed by atoms with van der Waals surface area (Å²) < 4.78 is 39.1. The first-order valence-electron chi connectivity index (χ1n) is 10.3. The van der Waals surface area contributed by atoms with Gasteiger partial charge in [0.25, 0.3) is 0 Å². The van der Waals surface area contributed by atoms with Crippen molar-refractivity contribution in [2.24, 2.45) is 5.92 Å². The molecule has 6 nitrogen and oxygen atoms in total. The van der Waals surface area contributed by atoms with Gasteiger partial charge in [-0.2, -0.15) is 0 Å². The minimum Gasteiger partial charge on any atom is -0.465 e. The Bertz CT molecular complexity index is 976. The van der Waals surface area contributed by atoms with Gasteiger partial charge in [-0.3, -0.25) is 9.80 Å². The summed E-state index contributed by atoms with van der Waals surface area (Å²) in [6.07, 6.45) is 0.962. The van der Waals surface area contributed by atoms with E-state index < -0.39 is 23.7 Å². The Labute approximate surface area is 179 Å². The molecular weight excluding hydrogens is 406 g/mol. The molecule has 3 saturated heterocycles. The first kappa shape index (κ1) is 21.2. The molecule has 2 bridgehead atoms. The molecule has 0 unspecified atom stereocenters. The summed E-state index contributed by atoms with van der Waals surface area (Å²) in [6.45, 7) is 2.49. The van der Waals surface area contributed by atoms with E-state index in [1.807, 2.05) is 0 Å². The lowest BCUT2D eigenvalue weighted by Crippen LogP contribution is -2.53. The smallest absolute Gasteiger partial charge is 0.415 e. The zero-order valence-corrected chi connectivity index (χ0v) is 17.2. The summed E-state index contributed by atoms with van der Waals surface area (Å²) in [5.74, 6) is -1.67. The van der Waals surface area contributed by atoms with Crippen LogP contribution >= 0.6 is 0 Å². The molecule has 8 heteroatoms. The summed E-state index contributed by atoms with van der Waals surface area (Å²) in [5, 5.41) is 0. The lowest BCUT2D eigenvalue weighted by Gasteiger charge is -2.44. The number of rotatable bonds is 5. The molecule has 3 fully saturated rings. The Morgan fingerprint density at radius 2 is 1.87 bits per heavy atom. The maximum atomic E-state index is 14.6. The van der Waals surface area contributed by atoms with Crippen LogP contribution in [0, 0.1) is 17.6 Å². The molecule has 3 aliphatic heterocycles. The number of fused-ring (bicyclic) bond motifs is 3. The van der Waals surface area contributed by atoms with E-state index in [4.69, 9.17) is 4.74 Å². The summed E-state index contributed by atoms with van der Waals surface area (Å²) in [4.78, 5) is 28.4. The number of ether oxygens (including phenoxy) is 2. The van der Waals surface area contributed by atoms with Crippen molar-refractivity contribution in [3.63, 3.8) is 0 Å². The van der Waals surface area contributed by atoms with Crippen LogP contribution in [-0.4, -0.2) is 49.8 Å². The molecule has 0 N–H and O–H groups in total. The number of hydrogen-bond acceptors (Lipinski definition) is 5. The van der Waals surface area contributed by atoms with Crippen LogP contribution in [0.4, 0.5) is 19.3 Å². The zero-order valence-electron chi connectivity index (χ0n) is 17.2. The van der Waals surface area contributed by atoms with Gasteiger partial charge in [-0.25, -0.2) is 18.4 Å². The van der Waals surface area contributed by atoms with Crippen LogP contribution in [0.25, 0.3) is 0 Å². The highest BCUT2D eigenvalue weighted by molar-refractivity contribution is 5.90. The third-order valence-electron chi connectivity index (χ3n) is 5.93. The number of hydrogen-bond donors (Lipinski definition) is 0. The van der Waals surface area contributed by atoms with Crippen molar-refractivity contribution in [2.75, 3.05) is 31.6 Å². The number of carbonyl (C=O) groups excluding carboxylic acids is 2. The molecule has 0 aliphatic carbocycles. The molecule has 0 saturated carbocycles. The van der Waals surface area contributed by atoms with Crippen LogP contribution in [0.15, 0.2) is 42.5 Å². The van der Waals surface area contributed by atoms with Crippen molar-refractivity contribution in [3.05, 3.63) is 65.2 Å². The molecule has 5 rings (SSSR count). The van der Waals surface area contributed by atoms with E-state index in [0.717, 1.165) is 36.9 Å². The van der Waals surface area contributed by atoms with E-state index in [1.165, 1.54) is 37.4 Å². The predicted octanol–water partition coefficient (Wildman–Crippen LogP) is 3.99. The van der Waals surface area contributed by atoms with Crippen LogP contribution in [0.2, 0.25) is 0 Å². The molecule has 0 aromatic heterocycles. The second kappa shape index (κ2) is 9.01. The van der Waals surface area contributed by atoms with Gasteiger partial charge in [0.1, 0.15) is 17.7 Å². The van der Waals surface area contributed by atoms with Crippen LogP contribution in [-0.2, 0) is 16.0 Å². The molecule has 3 aliphatic rings. The number of methoxy groups -OCH3 is 1. The van der Waals surface area contributed by atoms with E-state index in [2.05, 4.69) is 9.64 Å². The van der Waals surface area contributed by atoms with Gasteiger partial charge in [0, 0.05) is 6.54 Å². The number of halogens is 2. The number of carbonyl (C=O) groups is 2. The highest BCUT2D eigenvalue weighted by Crippen LogP contribution is 2.31. The quantitative estimate of drug-likeness (QED) is 0.672. The van der Waals surface area contributed by atoms with Gasteiger partial charge in [0.2, 0.25) is 0 Å². The fourth-order valence-corrected chi connectivity index (χ4v) is 4.32. The Morgan fingerprint density at radius 3 is 2.52 bits per heavy atom. The highest BCUT2D eigenvalue weighted by Gasteiger charge is 2.37. The van der Waals surface area contributed by atoms with E-state index in [1.54, 1.807) is 6.07 Å². The minimum absolute atomic E-state index is 0.0109. The number of amides is 1. The Hall–Kier alpha value is -3.00. The van der Waals surface area contributed by atoms with E-state index >= 15 is 0 Å². The van der Waals surface area contributed by atoms with Gasteiger partial charge in [-0.05, 0) is 67.7 Å².